The van der Waals surface area contributed by atoms with Crippen LogP contribution in [0.2, 0.25) is 0 Å². The maximum atomic E-state index is 11.8. The largest absolute Gasteiger partial charge is 0.496 e. The van der Waals surface area contributed by atoms with Crippen molar-refractivity contribution in [2.45, 2.75) is 31.7 Å². The average molecular weight is 316 g/mol. The zero-order valence-electron chi connectivity index (χ0n) is 11.8. The van der Waals surface area contributed by atoms with Crippen LogP contribution in [0.15, 0.2) is 29.3 Å². The Hall–Kier alpha value is -1.20. The van der Waals surface area contributed by atoms with E-state index in [0.29, 0.717) is 17.1 Å². The number of aryl methyl sites for hydroxylation is 1. The Morgan fingerprint density at radius 3 is 2.60 bits per heavy atom. The highest BCUT2D eigenvalue weighted by molar-refractivity contribution is 8.14. The summed E-state index contributed by atoms with van der Waals surface area (Å²) >= 11 is 0. The van der Waals surface area contributed by atoms with Crippen molar-refractivity contribution >= 4 is 30.6 Å². The van der Waals surface area contributed by atoms with Crippen LogP contribution in [0.1, 0.15) is 20.3 Å². The average Bonchev–Trinajstić information content (AvgIpc) is 2.75. The van der Waals surface area contributed by atoms with Crippen LogP contribution in [0.25, 0.3) is 10.9 Å². The Labute approximate surface area is 123 Å². The van der Waals surface area contributed by atoms with E-state index in [4.69, 9.17) is 15.4 Å². The van der Waals surface area contributed by atoms with Crippen molar-refractivity contribution in [3.8, 4) is 5.75 Å². The lowest BCUT2D eigenvalue weighted by Gasteiger charge is -2.08. The number of benzene rings is 1. The lowest BCUT2D eigenvalue weighted by atomic mass is 10.1. The second-order valence-corrected chi connectivity index (χ2v) is 7.70. The highest BCUT2D eigenvalue weighted by Crippen LogP contribution is 2.35. The quantitative estimate of drug-likeness (QED) is 0.792. The number of nitrogens with zero attached hydrogens (tertiary/aromatic N) is 1. The molecule has 0 saturated carbocycles. The highest BCUT2D eigenvalue weighted by Gasteiger charge is 2.21. The molecule has 0 atom stereocenters. The highest BCUT2D eigenvalue weighted by atomic mass is 35.7. The molecule has 1 aromatic carbocycles. The molecular weight excluding hydrogens is 298 g/mol. The lowest BCUT2D eigenvalue weighted by molar-refractivity contribution is 0.419. The Morgan fingerprint density at radius 2 is 2.05 bits per heavy atom. The molecule has 0 fully saturated rings. The van der Waals surface area contributed by atoms with Gasteiger partial charge in [0.15, 0.2) is 0 Å². The smallest absolute Gasteiger partial charge is 0.263 e. The number of fused-ring (bicyclic) bond motifs is 1. The van der Waals surface area contributed by atoms with Crippen LogP contribution in [0.5, 0.6) is 5.75 Å². The molecule has 0 radical (unpaired) electrons. The Bertz CT molecular complexity index is 719. The fraction of sp³-hybridized carbons (Fsp3) is 0.429. The fourth-order valence-electron chi connectivity index (χ4n) is 2.22. The summed E-state index contributed by atoms with van der Waals surface area (Å²) in [5, 5.41) is 0.550. The van der Waals surface area contributed by atoms with Gasteiger partial charge >= 0.3 is 0 Å². The zero-order chi connectivity index (χ0) is 14.9. The number of methoxy groups -OCH3 is 1. The van der Waals surface area contributed by atoms with Crippen molar-refractivity contribution in [2.75, 3.05) is 7.11 Å². The second kappa shape index (κ2) is 5.66. The number of hydrogen-bond acceptors (Lipinski definition) is 3. The van der Waals surface area contributed by atoms with Gasteiger partial charge in [-0.3, -0.25) is 0 Å². The molecule has 2 rings (SSSR count). The van der Waals surface area contributed by atoms with Gasteiger partial charge in [0.1, 0.15) is 10.6 Å². The Morgan fingerprint density at radius 1 is 1.35 bits per heavy atom. The van der Waals surface area contributed by atoms with Crippen molar-refractivity contribution in [1.29, 1.82) is 0 Å². The summed E-state index contributed by atoms with van der Waals surface area (Å²) in [5.74, 6) is 1.05. The first-order valence-corrected chi connectivity index (χ1v) is 8.76. The lowest BCUT2D eigenvalue weighted by Crippen LogP contribution is -2.00. The first-order valence-electron chi connectivity index (χ1n) is 6.45. The van der Waals surface area contributed by atoms with Gasteiger partial charge in [0.25, 0.3) is 9.05 Å². The van der Waals surface area contributed by atoms with Crippen LogP contribution >= 0.6 is 10.7 Å². The molecular formula is C14H18ClNO3S. The summed E-state index contributed by atoms with van der Waals surface area (Å²) < 4.78 is 30.7. The number of ether oxygens (including phenoxy) is 1. The third-order valence-electron chi connectivity index (χ3n) is 3.26. The van der Waals surface area contributed by atoms with Gasteiger partial charge in [-0.05, 0) is 24.5 Å². The third kappa shape index (κ3) is 2.94. The summed E-state index contributed by atoms with van der Waals surface area (Å²) in [6, 6.07) is 5.46. The zero-order valence-corrected chi connectivity index (χ0v) is 13.3. The van der Waals surface area contributed by atoms with E-state index < -0.39 is 9.05 Å². The van der Waals surface area contributed by atoms with Gasteiger partial charge < -0.3 is 9.30 Å². The van der Waals surface area contributed by atoms with Gasteiger partial charge in [-0.25, -0.2) is 8.42 Å². The minimum atomic E-state index is -3.81. The minimum Gasteiger partial charge on any atom is -0.496 e. The number of halogens is 1. The normalized spacial score (nSPS) is 12.2. The second-order valence-electron chi connectivity index (χ2n) is 5.16. The van der Waals surface area contributed by atoms with E-state index in [0.717, 1.165) is 18.5 Å². The summed E-state index contributed by atoms with van der Waals surface area (Å²) in [6.07, 6.45) is 2.56. The van der Waals surface area contributed by atoms with Crippen LogP contribution in [0.3, 0.4) is 0 Å². The maximum Gasteiger partial charge on any atom is 0.263 e. The van der Waals surface area contributed by atoms with E-state index in [9.17, 15) is 8.42 Å². The molecule has 0 bridgehead atoms. The summed E-state index contributed by atoms with van der Waals surface area (Å²) in [4.78, 5) is 0.107. The van der Waals surface area contributed by atoms with Crippen molar-refractivity contribution in [2.24, 2.45) is 5.92 Å². The standard InChI is InChI=1S/C14H18ClNO3S/c1-10(2)7-8-16-9-13(20(15,17)18)14-11(16)5-4-6-12(14)19-3/h4-6,9-10H,7-8H2,1-3H3. The summed E-state index contributed by atoms with van der Waals surface area (Å²) in [5.41, 5.74) is 0.823. The van der Waals surface area contributed by atoms with Gasteiger partial charge in [-0.1, -0.05) is 19.9 Å². The predicted molar refractivity (Wildman–Crippen MR) is 81.0 cm³/mol. The topological polar surface area (TPSA) is 48.3 Å². The van der Waals surface area contributed by atoms with Crippen LogP contribution < -0.4 is 4.74 Å². The van der Waals surface area contributed by atoms with Crippen molar-refractivity contribution in [1.82, 2.24) is 4.57 Å². The first kappa shape index (κ1) is 15.2. The predicted octanol–water partition coefficient (Wildman–Crippen LogP) is 3.62. The van der Waals surface area contributed by atoms with Gasteiger partial charge in [0.05, 0.1) is 18.0 Å². The summed E-state index contributed by atoms with van der Waals surface area (Å²) in [6.45, 7) is 5.00. The van der Waals surface area contributed by atoms with Crippen molar-refractivity contribution < 1.29 is 13.2 Å². The number of aromatic nitrogens is 1. The molecule has 1 heterocycles. The number of hydrogen-bond donors (Lipinski definition) is 0. The van der Waals surface area contributed by atoms with E-state index in [1.54, 1.807) is 12.3 Å². The van der Waals surface area contributed by atoms with Gasteiger partial charge in [-0.15, -0.1) is 0 Å². The molecule has 0 aliphatic rings. The van der Waals surface area contributed by atoms with Crippen molar-refractivity contribution in [3.63, 3.8) is 0 Å². The van der Waals surface area contributed by atoms with Crippen LogP contribution in [0, 0.1) is 5.92 Å². The molecule has 110 valence electrons. The van der Waals surface area contributed by atoms with Crippen molar-refractivity contribution in [3.05, 3.63) is 24.4 Å². The maximum absolute atomic E-state index is 11.8. The molecule has 1 aromatic heterocycles. The minimum absolute atomic E-state index is 0.107. The SMILES string of the molecule is COc1cccc2c1c(S(=O)(=O)Cl)cn2CCC(C)C. The van der Waals surface area contributed by atoms with Crippen LogP contribution in [-0.2, 0) is 15.6 Å². The molecule has 0 aliphatic carbocycles. The Balaban J connectivity index is 2.67. The molecule has 4 nitrogen and oxygen atoms in total. The molecule has 20 heavy (non-hydrogen) atoms. The van der Waals surface area contributed by atoms with Crippen LogP contribution in [0.4, 0.5) is 0 Å². The molecule has 6 heteroatoms. The van der Waals surface area contributed by atoms with E-state index in [-0.39, 0.29) is 4.90 Å². The monoisotopic (exact) mass is 315 g/mol. The molecule has 0 amide bonds. The molecule has 0 spiro atoms. The fourth-order valence-corrected chi connectivity index (χ4v) is 3.27. The van der Waals surface area contributed by atoms with Gasteiger partial charge in [-0.2, -0.15) is 0 Å². The molecule has 0 unspecified atom stereocenters. The number of rotatable bonds is 5. The molecule has 0 N–H and O–H groups in total. The van der Waals surface area contributed by atoms with E-state index in [1.807, 2.05) is 16.7 Å². The molecule has 0 aliphatic heterocycles. The molecule has 2 aromatic rings. The van der Waals surface area contributed by atoms with E-state index in [2.05, 4.69) is 13.8 Å². The molecule has 0 saturated heterocycles. The third-order valence-corrected chi connectivity index (χ3v) is 4.60. The Kier molecular flexibility index (Phi) is 4.30. The van der Waals surface area contributed by atoms with Crippen LogP contribution in [-0.4, -0.2) is 20.1 Å². The van der Waals surface area contributed by atoms with Gasteiger partial charge in [0.2, 0.25) is 0 Å². The van der Waals surface area contributed by atoms with E-state index >= 15 is 0 Å². The summed E-state index contributed by atoms with van der Waals surface area (Å²) in [7, 11) is 3.26. The van der Waals surface area contributed by atoms with E-state index in [1.165, 1.54) is 7.11 Å². The first-order chi connectivity index (χ1) is 9.34. The van der Waals surface area contributed by atoms with Gasteiger partial charge in [0, 0.05) is 23.4 Å².